The number of fused-ring (bicyclic) bond motifs is 5. The summed E-state index contributed by atoms with van der Waals surface area (Å²) in [5.74, 6) is -1.14. The Hall–Kier alpha value is -2.05. The molecule has 1 aromatic carbocycles. The number of carbonyl (C=O) groups is 1. The van der Waals surface area contributed by atoms with Gasteiger partial charge in [-0.3, -0.25) is 4.79 Å². The fraction of sp³-hybridized carbons (Fsp3) is 0.550. The first kappa shape index (κ1) is 15.1. The normalized spacial score (nSPS) is 42.5. The van der Waals surface area contributed by atoms with Crippen LogP contribution in [0.4, 0.5) is 0 Å². The average Bonchev–Trinajstić information content (AvgIpc) is 3.22. The van der Waals surface area contributed by atoms with Crippen LogP contribution in [0.5, 0.6) is 5.75 Å². The number of carbonyl (C=O) groups excluding carboxylic acids is 1. The zero-order valence-corrected chi connectivity index (χ0v) is 14.7. The number of esters is 1. The van der Waals surface area contributed by atoms with Crippen LogP contribution in [-0.2, 0) is 26.1 Å². The lowest BCUT2D eigenvalue weighted by atomic mass is 9.46. The smallest absolute Gasteiger partial charge is 0.318 e. The van der Waals surface area contributed by atoms with E-state index in [-0.39, 0.29) is 23.4 Å². The maximum absolute atomic E-state index is 12.8. The lowest BCUT2D eigenvalue weighted by Gasteiger charge is -2.62. The molecule has 0 radical (unpaired) electrons. The van der Waals surface area contributed by atoms with E-state index in [0.717, 1.165) is 34.3 Å². The summed E-state index contributed by atoms with van der Waals surface area (Å²) in [6.07, 6.45) is 3.16. The zero-order chi connectivity index (χ0) is 17.9. The van der Waals surface area contributed by atoms with Crippen LogP contribution < -0.4 is 4.74 Å². The Bertz CT molecular complexity index is 966. The highest BCUT2D eigenvalue weighted by molar-refractivity contribution is 5.90. The molecule has 2 aromatic rings. The average molecular weight is 356 g/mol. The van der Waals surface area contributed by atoms with Gasteiger partial charge in [-0.05, 0) is 31.0 Å². The van der Waals surface area contributed by atoms with Crippen molar-refractivity contribution in [2.45, 2.75) is 43.5 Å². The molecule has 1 spiro atoms. The van der Waals surface area contributed by atoms with E-state index in [1.54, 1.807) is 20.3 Å². The molecule has 5 atom stereocenters. The van der Waals surface area contributed by atoms with Crippen LogP contribution in [0.15, 0.2) is 22.8 Å². The molecule has 4 heterocycles. The SMILES string of the molecule is COc1cc2c(c3occc13)C[C@H]1OC(=O)[C@]3(C)[C@H]1C21CCC3(O)OC1. The van der Waals surface area contributed by atoms with Gasteiger partial charge in [0.15, 0.2) is 5.79 Å². The highest BCUT2D eigenvalue weighted by atomic mass is 16.6. The van der Waals surface area contributed by atoms with E-state index >= 15 is 0 Å². The van der Waals surface area contributed by atoms with Crippen molar-refractivity contribution >= 4 is 16.9 Å². The number of benzene rings is 1. The van der Waals surface area contributed by atoms with Gasteiger partial charge in [-0.1, -0.05) is 0 Å². The molecule has 2 aliphatic carbocycles. The van der Waals surface area contributed by atoms with E-state index in [4.69, 9.17) is 18.6 Å². The lowest BCUT2D eigenvalue weighted by Crippen LogP contribution is -2.71. The van der Waals surface area contributed by atoms with E-state index < -0.39 is 11.2 Å². The fourth-order valence-corrected chi connectivity index (χ4v) is 6.29. The Morgan fingerprint density at radius 2 is 2.19 bits per heavy atom. The van der Waals surface area contributed by atoms with Gasteiger partial charge in [0.25, 0.3) is 0 Å². The van der Waals surface area contributed by atoms with Crippen molar-refractivity contribution in [3.05, 3.63) is 29.5 Å². The third-order valence-corrected chi connectivity index (χ3v) is 7.53. The fourth-order valence-electron chi connectivity index (χ4n) is 6.29. The predicted molar refractivity (Wildman–Crippen MR) is 89.8 cm³/mol. The quantitative estimate of drug-likeness (QED) is 0.790. The van der Waals surface area contributed by atoms with Gasteiger partial charge in [-0.2, -0.15) is 0 Å². The first-order chi connectivity index (χ1) is 12.4. The molecule has 3 aliphatic heterocycles. The van der Waals surface area contributed by atoms with Gasteiger partial charge in [0.2, 0.25) is 0 Å². The molecule has 6 heteroatoms. The molecule has 136 valence electrons. The summed E-state index contributed by atoms with van der Waals surface area (Å²) in [6.45, 7) is 2.18. The van der Waals surface area contributed by atoms with E-state index in [9.17, 15) is 9.90 Å². The predicted octanol–water partition coefficient (Wildman–Crippen LogP) is 2.30. The molecule has 0 amide bonds. The molecule has 4 fully saturated rings. The van der Waals surface area contributed by atoms with E-state index in [2.05, 4.69) is 6.07 Å². The minimum Gasteiger partial charge on any atom is -0.496 e. The van der Waals surface area contributed by atoms with Crippen LogP contribution in [-0.4, -0.2) is 36.7 Å². The largest absolute Gasteiger partial charge is 0.496 e. The first-order valence-electron chi connectivity index (χ1n) is 9.10. The van der Waals surface area contributed by atoms with Crippen LogP contribution in [0, 0.1) is 11.3 Å². The number of ether oxygens (including phenoxy) is 3. The highest BCUT2D eigenvalue weighted by Crippen LogP contribution is 2.68. The van der Waals surface area contributed by atoms with Crippen LogP contribution in [0.2, 0.25) is 0 Å². The molecular formula is C20H20O6. The van der Waals surface area contributed by atoms with Crippen molar-refractivity contribution < 1.29 is 28.5 Å². The molecule has 3 saturated heterocycles. The second-order valence-corrected chi connectivity index (χ2v) is 8.33. The number of rotatable bonds is 1. The molecule has 2 bridgehead atoms. The lowest BCUT2D eigenvalue weighted by molar-refractivity contribution is -0.344. The third kappa shape index (κ3) is 1.33. The topological polar surface area (TPSA) is 78.1 Å². The van der Waals surface area contributed by atoms with Gasteiger partial charge in [-0.25, -0.2) is 0 Å². The van der Waals surface area contributed by atoms with Gasteiger partial charge in [0.05, 0.1) is 25.4 Å². The molecule has 2 unspecified atom stereocenters. The number of hydrogen-bond donors (Lipinski definition) is 1. The van der Waals surface area contributed by atoms with Crippen molar-refractivity contribution in [2.75, 3.05) is 13.7 Å². The Labute approximate surface area is 150 Å². The Kier molecular flexibility index (Phi) is 2.47. The number of furan rings is 1. The third-order valence-electron chi connectivity index (χ3n) is 7.53. The molecule has 1 N–H and O–H groups in total. The molecule has 1 saturated carbocycles. The minimum absolute atomic E-state index is 0.111. The summed E-state index contributed by atoms with van der Waals surface area (Å²) >= 11 is 0. The highest BCUT2D eigenvalue weighted by Gasteiger charge is 2.78. The van der Waals surface area contributed by atoms with Crippen molar-refractivity contribution in [3.8, 4) is 5.75 Å². The van der Waals surface area contributed by atoms with Crippen molar-refractivity contribution in [1.29, 1.82) is 0 Å². The second-order valence-electron chi connectivity index (χ2n) is 8.33. The van der Waals surface area contributed by atoms with Crippen LogP contribution in [0.25, 0.3) is 11.0 Å². The zero-order valence-electron chi connectivity index (χ0n) is 14.7. The maximum atomic E-state index is 12.8. The molecule has 5 aliphatic rings. The van der Waals surface area contributed by atoms with Crippen molar-refractivity contribution in [2.24, 2.45) is 11.3 Å². The van der Waals surface area contributed by atoms with Crippen LogP contribution >= 0.6 is 0 Å². The summed E-state index contributed by atoms with van der Waals surface area (Å²) in [5.41, 5.74) is 1.56. The second kappa shape index (κ2) is 4.26. The van der Waals surface area contributed by atoms with E-state index in [0.29, 0.717) is 19.4 Å². The molecular weight excluding hydrogens is 336 g/mol. The van der Waals surface area contributed by atoms with Crippen molar-refractivity contribution in [1.82, 2.24) is 0 Å². The van der Waals surface area contributed by atoms with E-state index in [1.807, 2.05) is 6.07 Å². The molecule has 7 rings (SSSR count). The van der Waals surface area contributed by atoms with Gasteiger partial charge in [0.1, 0.15) is 22.9 Å². The standard InChI is InChI=1S/C20H20O6/c1-18-16-14(26-17(18)21)7-11-12(19(16)4-5-20(18,22)25-9-19)8-13(23-2)10-3-6-24-15(10)11/h3,6,8,14,16,22H,4-5,7,9H2,1-2H3/t14-,16+,18+,19?,20?/m1/s1. The molecule has 26 heavy (non-hydrogen) atoms. The Morgan fingerprint density at radius 1 is 1.35 bits per heavy atom. The Morgan fingerprint density at radius 3 is 2.92 bits per heavy atom. The van der Waals surface area contributed by atoms with Gasteiger partial charge >= 0.3 is 5.97 Å². The summed E-state index contributed by atoms with van der Waals surface area (Å²) in [6, 6.07) is 3.98. The summed E-state index contributed by atoms with van der Waals surface area (Å²) in [5, 5.41) is 12.0. The van der Waals surface area contributed by atoms with Gasteiger partial charge in [-0.15, -0.1) is 0 Å². The number of methoxy groups -OCH3 is 1. The number of aliphatic hydroxyl groups is 1. The van der Waals surface area contributed by atoms with E-state index in [1.165, 1.54) is 0 Å². The summed E-state index contributed by atoms with van der Waals surface area (Å²) in [4.78, 5) is 12.8. The molecule has 1 aromatic heterocycles. The maximum Gasteiger partial charge on any atom is 0.318 e. The van der Waals surface area contributed by atoms with Gasteiger partial charge < -0.3 is 23.7 Å². The monoisotopic (exact) mass is 356 g/mol. The summed E-state index contributed by atoms with van der Waals surface area (Å²) in [7, 11) is 1.65. The van der Waals surface area contributed by atoms with Crippen LogP contribution in [0.3, 0.4) is 0 Å². The summed E-state index contributed by atoms with van der Waals surface area (Å²) < 4.78 is 23.2. The Balaban J connectivity index is 1.69. The van der Waals surface area contributed by atoms with Crippen LogP contribution in [0.1, 0.15) is 30.9 Å². The minimum atomic E-state index is -1.44. The van der Waals surface area contributed by atoms with Gasteiger partial charge in [0, 0.05) is 29.7 Å². The molecule has 6 nitrogen and oxygen atoms in total. The first-order valence-corrected chi connectivity index (χ1v) is 9.10. The number of hydrogen-bond acceptors (Lipinski definition) is 6. The van der Waals surface area contributed by atoms with Crippen molar-refractivity contribution in [3.63, 3.8) is 0 Å².